The average molecular weight is 345 g/mol. The molecule has 0 unspecified atom stereocenters. The van der Waals surface area contributed by atoms with E-state index in [0.717, 1.165) is 4.31 Å². The van der Waals surface area contributed by atoms with E-state index in [0.29, 0.717) is 5.69 Å². The van der Waals surface area contributed by atoms with Gasteiger partial charge in [-0.2, -0.15) is 0 Å². The summed E-state index contributed by atoms with van der Waals surface area (Å²) in [5.74, 6) is -0.885. The lowest BCUT2D eigenvalue weighted by atomic mass is 10.1. The summed E-state index contributed by atoms with van der Waals surface area (Å²) in [7, 11) is -2.69. The molecule has 0 bridgehead atoms. The van der Waals surface area contributed by atoms with Crippen molar-refractivity contribution in [3.63, 3.8) is 0 Å². The predicted molar refractivity (Wildman–Crippen MR) is 88.5 cm³/mol. The largest absolute Gasteiger partial charge is 0.505 e. The molecule has 7 nitrogen and oxygen atoms in total. The minimum atomic E-state index is -3.91. The van der Waals surface area contributed by atoms with Crippen LogP contribution in [0.4, 0.5) is 5.82 Å². The first kappa shape index (κ1) is 16.0. The Morgan fingerprint density at radius 1 is 1.17 bits per heavy atom. The highest BCUT2D eigenvalue weighted by Gasteiger charge is 2.37. The van der Waals surface area contributed by atoms with E-state index in [2.05, 4.69) is 10.3 Å². The van der Waals surface area contributed by atoms with Gasteiger partial charge < -0.3 is 10.4 Å². The number of rotatable bonds is 2. The molecule has 2 N–H and O–H groups in total. The number of nitrogens with one attached hydrogen (secondary N) is 1. The molecule has 2 aromatic rings. The van der Waals surface area contributed by atoms with Crippen LogP contribution in [0.2, 0.25) is 0 Å². The molecule has 0 aliphatic carbocycles. The molecule has 0 fully saturated rings. The molecule has 3 rings (SSSR count). The molecule has 0 radical (unpaired) electrons. The summed E-state index contributed by atoms with van der Waals surface area (Å²) in [6.45, 7) is 1.76. The third-order valence-electron chi connectivity index (χ3n) is 3.66. The van der Waals surface area contributed by atoms with Gasteiger partial charge in [-0.1, -0.05) is 18.2 Å². The first-order valence-electron chi connectivity index (χ1n) is 7.09. The number of amides is 1. The van der Waals surface area contributed by atoms with Gasteiger partial charge in [-0.15, -0.1) is 0 Å². The number of pyridine rings is 1. The van der Waals surface area contributed by atoms with Gasteiger partial charge in [0.15, 0.2) is 11.5 Å². The van der Waals surface area contributed by atoms with Crippen LogP contribution in [-0.4, -0.2) is 35.8 Å². The van der Waals surface area contributed by atoms with Crippen molar-refractivity contribution in [3.05, 3.63) is 59.4 Å². The van der Waals surface area contributed by atoms with E-state index >= 15 is 0 Å². The van der Waals surface area contributed by atoms with Crippen LogP contribution in [0.15, 0.2) is 53.1 Å². The maximum atomic E-state index is 12.6. The van der Waals surface area contributed by atoms with Crippen LogP contribution in [0.5, 0.6) is 0 Å². The van der Waals surface area contributed by atoms with Crippen molar-refractivity contribution in [2.24, 2.45) is 0 Å². The molecule has 124 valence electrons. The molecule has 1 aliphatic rings. The fourth-order valence-electron chi connectivity index (χ4n) is 2.47. The Bertz CT molecular complexity index is 967. The topological polar surface area (TPSA) is 99.6 Å². The van der Waals surface area contributed by atoms with Crippen LogP contribution in [0.3, 0.4) is 0 Å². The Hall–Kier alpha value is -2.87. The van der Waals surface area contributed by atoms with Gasteiger partial charge in [0, 0.05) is 18.3 Å². The van der Waals surface area contributed by atoms with Gasteiger partial charge in [-0.05, 0) is 31.2 Å². The zero-order chi connectivity index (χ0) is 17.5. The Balaban J connectivity index is 2.08. The lowest BCUT2D eigenvalue weighted by Crippen LogP contribution is -2.37. The molecular formula is C16H15N3O4S. The molecule has 0 atom stereocenters. The molecule has 24 heavy (non-hydrogen) atoms. The summed E-state index contributed by atoms with van der Waals surface area (Å²) in [5.41, 5.74) is 0.441. The van der Waals surface area contributed by atoms with Crippen molar-refractivity contribution in [1.29, 1.82) is 0 Å². The van der Waals surface area contributed by atoms with Gasteiger partial charge in [0.1, 0.15) is 5.82 Å². The second kappa shape index (κ2) is 5.64. The first-order valence-corrected chi connectivity index (χ1v) is 8.53. The van der Waals surface area contributed by atoms with Gasteiger partial charge in [0.25, 0.3) is 15.9 Å². The Morgan fingerprint density at radius 3 is 2.58 bits per heavy atom. The van der Waals surface area contributed by atoms with Crippen molar-refractivity contribution in [3.8, 4) is 0 Å². The average Bonchev–Trinajstić information content (AvgIpc) is 2.53. The number of aliphatic hydroxyl groups is 1. The number of aliphatic hydroxyl groups excluding tert-OH is 1. The SMILES string of the molecule is Cc1cccc(NC(=O)C2=C(O)c3ccccc3S(=O)(=O)N2C)n1. The standard InChI is InChI=1S/C16H15N3O4S/c1-10-6-5-9-13(17-10)18-16(21)14-15(20)11-7-3-4-8-12(11)24(22,23)19(14)2/h3-9,20H,1-2H3,(H,17,18,21). The number of sulfonamides is 1. The van der Waals surface area contributed by atoms with Crippen molar-refractivity contribution in [1.82, 2.24) is 9.29 Å². The second-order valence-electron chi connectivity index (χ2n) is 5.28. The minimum absolute atomic E-state index is 0.0461. The van der Waals surface area contributed by atoms with Crippen LogP contribution in [-0.2, 0) is 14.8 Å². The lowest BCUT2D eigenvalue weighted by molar-refractivity contribution is -0.113. The molecule has 8 heteroatoms. The monoisotopic (exact) mass is 345 g/mol. The Morgan fingerprint density at radius 2 is 1.88 bits per heavy atom. The number of aryl methyl sites for hydroxylation is 1. The van der Waals surface area contributed by atoms with Gasteiger partial charge >= 0.3 is 0 Å². The zero-order valence-corrected chi connectivity index (χ0v) is 13.8. The van der Waals surface area contributed by atoms with Crippen LogP contribution < -0.4 is 5.32 Å². The maximum Gasteiger partial charge on any atom is 0.277 e. The van der Waals surface area contributed by atoms with E-state index in [4.69, 9.17) is 0 Å². The minimum Gasteiger partial charge on any atom is -0.505 e. The summed E-state index contributed by atoms with van der Waals surface area (Å²) < 4.78 is 25.9. The lowest BCUT2D eigenvalue weighted by Gasteiger charge is -2.28. The van der Waals surface area contributed by atoms with E-state index in [-0.39, 0.29) is 22.0 Å². The zero-order valence-electron chi connectivity index (χ0n) is 13.0. The summed E-state index contributed by atoms with van der Waals surface area (Å²) in [6, 6.07) is 11.0. The van der Waals surface area contributed by atoms with Crippen LogP contribution in [0, 0.1) is 6.92 Å². The number of hydrogen-bond acceptors (Lipinski definition) is 5. The number of fused-ring (bicyclic) bond motifs is 1. The number of carbonyl (C=O) groups excluding carboxylic acids is 1. The fraction of sp³-hybridized carbons (Fsp3) is 0.125. The summed E-state index contributed by atoms with van der Waals surface area (Å²) in [4.78, 5) is 16.6. The predicted octanol–water partition coefficient (Wildman–Crippen LogP) is 1.89. The van der Waals surface area contributed by atoms with Crippen molar-refractivity contribution in [2.45, 2.75) is 11.8 Å². The molecular weight excluding hydrogens is 330 g/mol. The smallest absolute Gasteiger partial charge is 0.277 e. The quantitative estimate of drug-likeness (QED) is 0.866. The molecule has 2 heterocycles. The molecule has 1 aromatic heterocycles. The van der Waals surface area contributed by atoms with E-state index in [1.165, 1.54) is 19.2 Å². The van der Waals surface area contributed by atoms with Gasteiger partial charge in [-0.3, -0.25) is 9.10 Å². The number of anilines is 1. The number of benzene rings is 1. The van der Waals surface area contributed by atoms with Gasteiger partial charge in [-0.25, -0.2) is 13.4 Å². The van der Waals surface area contributed by atoms with Crippen molar-refractivity contribution in [2.75, 3.05) is 12.4 Å². The highest BCUT2D eigenvalue weighted by Crippen LogP contribution is 2.34. The van der Waals surface area contributed by atoms with E-state index in [1.807, 2.05) is 0 Å². The third kappa shape index (κ3) is 2.50. The summed E-state index contributed by atoms with van der Waals surface area (Å²) >= 11 is 0. The highest BCUT2D eigenvalue weighted by molar-refractivity contribution is 7.89. The van der Waals surface area contributed by atoms with Crippen molar-refractivity contribution >= 4 is 27.5 Å². The van der Waals surface area contributed by atoms with Crippen LogP contribution in [0.1, 0.15) is 11.3 Å². The number of aromatic nitrogens is 1. The number of hydrogen-bond donors (Lipinski definition) is 2. The Labute approximate surface area is 139 Å². The fourth-order valence-corrected chi connectivity index (χ4v) is 3.87. The van der Waals surface area contributed by atoms with Gasteiger partial charge in [0.2, 0.25) is 0 Å². The van der Waals surface area contributed by atoms with E-state index in [1.54, 1.807) is 37.3 Å². The number of likely N-dealkylation sites (N-methyl/N-ethyl adjacent to an activating group) is 1. The second-order valence-corrected chi connectivity index (χ2v) is 7.22. The maximum absolute atomic E-state index is 12.6. The van der Waals surface area contributed by atoms with E-state index < -0.39 is 21.7 Å². The third-order valence-corrected chi connectivity index (χ3v) is 5.48. The van der Waals surface area contributed by atoms with E-state index in [9.17, 15) is 18.3 Å². The van der Waals surface area contributed by atoms with Crippen LogP contribution >= 0.6 is 0 Å². The summed E-state index contributed by atoms with van der Waals surface area (Å²) in [6.07, 6.45) is 0. The molecule has 0 spiro atoms. The number of nitrogens with zero attached hydrogens (tertiary/aromatic N) is 2. The molecule has 1 amide bonds. The summed E-state index contributed by atoms with van der Waals surface area (Å²) in [5, 5.41) is 12.9. The first-order chi connectivity index (χ1) is 11.3. The molecule has 0 saturated carbocycles. The number of carbonyl (C=O) groups is 1. The Kier molecular flexibility index (Phi) is 3.76. The molecule has 1 aromatic carbocycles. The highest BCUT2D eigenvalue weighted by atomic mass is 32.2. The van der Waals surface area contributed by atoms with Crippen molar-refractivity contribution < 1.29 is 18.3 Å². The molecule has 1 aliphatic heterocycles. The molecule has 0 saturated heterocycles. The normalized spacial score (nSPS) is 15.8. The van der Waals surface area contributed by atoms with Gasteiger partial charge in [0.05, 0.1) is 4.90 Å². The van der Waals surface area contributed by atoms with Crippen LogP contribution in [0.25, 0.3) is 5.76 Å².